The molecule has 0 aromatic heterocycles. The molecule has 2 heteroatoms. The van der Waals surface area contributed by atoms with E-state index in [1.807, 2.05) is 12.2 Å². The molecule has 0 spiro atoms. The Morgan fingerprint density at radius 1 is 1.40 bits per heavy atom. The molecule has 0 radical (unpaired) electrons. The average molecular weight is 207 g/mol. The first kappa shape index (κ1) is 12.1. The van der Waals surface area contributed by atoms with E-state index in [1.54, 1.807) is 13.2 Å². The fourth-order valence-electron chi connectivity index (χ4n) is 1.97. The molecule has 1 aliphatic heterocycles. The fourth-order valence-corrected chi connectivity index (χ4v) is 1.97. The molecular formula is C13H21NO. The molecular weight excluding hydrogens is 186 g/mol. The highest BCUT2D eigenvalue weighted by Gasteiger charge is 2.17. The van der Waals surface area contributed by atoms with Crippen LogP contribution in [0.15, 0.2) is 36.1 Å². The second-order valence-corrected chi connectivity index (χ2v) is 3.87. The summed E-state index contributed by atoms with van der Waals surface area (Å²) in [4.78, 5) is 0. The third-order valence-electron chi connectivity index (χ3n) is 2.94. The topological polar surface area (TPSA) is 21.3 Å². The van der Waals surface area contributed by atoms with Gasteiger partial charge in [0, 0.05) is 0 Å². The summed E-state index contributed by atoms with van der Waals surface area (Å²) in [6.45, 7) is 8.06. The Labute approximate surface area is 92.7 Å². The van der Waals surface area contributed by atoms with Crippen molar-refractivity contribution in [2.45, 2.75) is 19.8 Å². The number of ether oxygens (including phenoxy) is 1. The maximum Gasteiger partial charge on any atom is 0.118 e. The van der Waals surface area contributed by atoms with Gasteiger partial charge in [0.2, 0.25) is 0 Å². The monoisotopic (exact) mass is 207 g/mol. The Morgan fingerprint density at radius 3 is 2.60 bits per heavy atom. The third-order valence-corrected chi connectivity index (χ3v) is 2.94. The molecule has 0 aliphatic carbocycles. The molecule has 0 atom stereocenters. The van der Waals surface area contributed by atoms with Gasteiger partial charge in [0.05, 0.1) is 7.11 Å². The lowest BCUT2D eigenvalue weighted by molar-refractivity contribution is 0.290. The van der Waals surface area contributed by atoms with Crippen molar-refractivity contribution >= 4 is 0 Å². The van der Waals surface area contributed by atoms with E-state index in [0.29, 0.717) is 5.92 Å². The van der Waals surface area contributed by atoms with E-state index in [4.69, 9.17) is 4.74 Å². The number of nitrogens with one attached hydrogen (secondary N) is 1. The molecule has 84 valence electrons. The predicted molar refractivity (Wildman–Crippen MR) is 64.6 cm³/mol. The fraction of sp³-hybridized carbons (Fsp3) is 0.538. The Morgan fingerprint density at radius 2 is 2.07 bits per heavy atom. The predicted octanol–water partition coefficient (Wildman–Crippen LogP) is 2.65. The molecule has 1 aliphatic rings. The Hall–Kier alpha value is -1.02. The zero-order valence-corrected chi connectivity index (χ0v) is 9.75. The lowest BCUT2D eigenvalue weighted by Crippen LogP contribution is -2.28. The summed E-state index contributed by atoms with van der Waals surface area (Å²) >= 11 is 0. The van der Waals surface area contributed by atoms with Gasteiger partial charge < -0.3 is 10.1 Å². The van der Waals surface area contributed by atoms with Crippen molar-refractivity contribution in [3.05, 3.63) is 36.1 Å². The number of allylic oxidation sites excluding steroid dienone is 4. The number of methoxy groups -OCH3 is 1. The van der Waals surface area contributed by atoms with E-state index in [-0.39, 0.29) is 0 Å². The van der Waals surface area contributed by atoms with Crippen molar-refractivity contribution < 1.29 is 4.74 Å². The molecule has 1 fully saturated rings. The summed E-state index contributed by atoms with van der Waals surface area (Å²) in [6, 6.07) is 0. The average Bonchev–Trinajstić information content (AvgIpc) is 2.31. The van der Waals surface area contributed by atoms with Crippen LogP contribution < -0.4 is 5.32 Å². The van der Waals surface area contributed by atoms with Crippen molar-refractivity contribution in [3.8, 4) is 0 Å². The Bertz CT molecular complexity index is 260. The van der Waals surface area contributed by atoms with Crippen LogP contribution in [0.2, 0.25) is 0 Å². The maximum absolute atomic E-state index is 5.39. The Kier molecular flexibility index (Phi) is 5.19. The minimum Gasteiger partial charge on any atom is -0.497 e. The van der Waals surface area contributed by atoms with E-state index in [9.17, 15) is 0 Å². The van der Waals surface area contributed by atoms with Crippen LogP contribution >= 0.6 is 0 Å². The van der Waals surface area contributed by atoms with Gasteiger partial charge in [0.1, 0.15) is 5.76 Å². The van der Waals surface area contributed by atoms with Gasteiger partial charge in [-0.3, -0.25) is 0 Å². The number of hydrogen-bond acceptors (Lipinski definition) is 2. The van der Waals surface area contributed by atoms with Crippen LogP contribution in [-0.2, 0) is 4.74 Å². The van der Waals surface area contributed by atoms with Crippen LogP contribution in [0.3, 0.4) is 0 Å². The molecule has 1 saturated heterocycles. The lowest BCUT2D eigenvalue weighted by Gasteiger charge is -2.24. The molecule has 0 unspecified atom stereocenters. The van der Waals surface area contributed by atoms with Crippen molar-refractivity contribution in [2.75, 3.05) is 20.2 Å². The van der Waals surface area contributed by atoms with Crippen LogP contribution in [-0.4, -0.2) is 20.2 Å². The van der Waals surface area contributed by atoms with Gasteiger partial charge in [0.25, 0.3) is 0 Å². The van der Waals surface area contributed by atoms with Gasteiger partial charge in [-0.05, 0) is 50.4 Å². The van der Waals surface area contributed by atoms with Gasteiger partial charge in [0.15, 0.2) is 0 Å². The van der Waals surface area contributed by atoms with Crippen molar-refractivity contribution in [3.63, 3.8) is 0 Å². The highest BCUT2D eigenvalue weighted by molar-refractivity contribution is 5.23. The van der Waals surface area contributed by atoms with Crippen molar-refractivity contribution in [1.29, 1.82) is 0 Å². The summed E-state index contributed by atoms with van der Waals surface area (Å²) in [6.07, 6.45) is 8.10. The van der Waals surface area contributed by atoms with E-state index in [2.05, 4.69) is 18.8 Å². The summed E-state index contributed by atoms with van der Waals surface area (Å²) < 4.78 is 5.39. The van der Waals surface area contributed by atoms with Crippen LogP contribution in [0.1, 0.15) is 19.8 Å². The highest BCUT2D eigenvalue weighted by atomic mass is 16.5. The van der Waals surface area contributed by atoms with Gasteiger partial charge in [-0.25, -0.2) is 0 Å². The molecule has 1 heterocycles. The standard InChI is InChI=1S/C13H21NO/c1-4-5-6-13(15-3)11(2)12-7-9-14-10-8-12/h4-6,12,14H,1,7-10H2,2-3H3/b6-5-,13-11-. The third kappa shape index (κ3) is 3.56. The van der Waals surface area contributed by atoms with Gasteiger partial charge >= 0.3 is 0 Å². The lowest BCUT2D eigenvalue weighted by atomic mass is 9.90. The molecule has 15 heavy (non-hydrogen) atoms. The normalized spacial score (nSPS) is 20.1. The summed E-state index contributed by atoms with van der Waals surface area (Å²) in [5, 5.41) is 3.37. The molecule has 0 amide bonds. The first-order valence-electron chi connectivity index (χ1n) is 5.54. The molecule has 0 bridgehead atoms. The van der Waals surface area contributed by atoms with Gasteiger partial charge in [-0.1, -0.05) is 18.7 Å². The minimum absolute atomic E-state index is 0.663. The Balaban J connectivity index is 2.73. The molecule has 1 rings (SSSR count). The first-order chi connectivity index (χ1) is 7.29. The highest BCUT2D eigenvalue weighted by Crippen LogP contribution is 2.24. The second-order valence-electron chi connectivity index (χ2n) is 3.87. The molecule has 0 saturated carbocycles. The largest absolute Gasteiger partial charge is 0.497 e. The van der Waals surface area contributed by atoms with Crippen molar-refractivity contribution in [2.24, 2.45) is 5.92 Å². The van der Waals surface area contributed by atoms with Crippen LogP contribution in [0.25, 0.3) is 0 Å². The summed E-state index contributed by atoms with van der Waals surface area (Å²) in [7, 11) is 1.73. The summed E-state index contributed by atoms with van der Waals surface area (Å²) in [5.41, 5.74) is 1.36. The number of rotatable bonds is 4. The van der Waals surface area contributed by atoms with E-state index in [1.165, 1.54) is 18.4 Å². The number of piperidine rings is 1. The van der Waals surface area contributed by atoms with Gasteiger partial charge in [-0.2, -0.15) is 0 Å². The van der Waals surface area contributed by atoms with E-state index >= 15 is 0 Å². The smallest absolute Gasteiger partial charge is 0.118 e. The SMILES string of the molecule is C=C/C=C\C(OC)=C(/C)C1CCNCC1. The maximum atomic E-state index is 5.39. The van der Waals surface area contributed by atoms with Crippen LogP contribution in [0.4, 0.5) is 0 Å². The zero-order valence-electron chi connectivity index (χ0n) is 9.75. The minimum atomic E-state index is 0.663. The molecule has 2 nitrogen and oxygen atoms in total. The zero-order chi connectivity index (χ0) is 11.1. The van der Waals surface area contributed by atoms with Crippen molar-refractivity contribution in [1.82, 2.24) is 5.32 Å². The summed E-state index contributed by atoms with van der Waals surface area (Å²) in [5.74, 6) is 1.65. The van der Waals surface area contributed by atoms with Crippen LogP contribution in [0, 0.1) is 5.92 Å². The number of hydrogen-bond donors (Lipinski definition) is 1. The van der Waals surface area contributed by atoms with E-state index in [0.717, 1.165) is 18.8 Å². The molecule has 0 aromatic carbocycles. The van der Waals surface area contributed by atoms with Gasteiger partial charge in [-0.15, -0.1) is 0 Å². The quantitative estimate of drug-likeness (QED) is 0.565. The molecule has 1 N–H and O–H groups in total. The van der Waals surface area contributed by atoms with Crippen LogP contribution in [0.5, 0.6) is 0 Å². The molecule has 0 aromatic rings. The van der Waals surface area contributed by atoms with E-state index < -0.39 is 0 Å². The first-order valence-corrected chi connectivity index (χ1v) is 5.54. The second kappa shape index (κ2) is 6.46.